The van der Waals surface area contributed by atoms with E-state index < -0.39 is 17.0 Å². The van der Waals surface area contributed by atoms with Crippen LogP contribution in [0.5, 0.6) is 0 Å². The number of aromatic nitrogens is 6. The molecule has 3 aromatic heterocycles. The molecule has 0 unspecified atom stereocenters. The van der Waals surface area contributed by atoms with Crippen molar-refractivity contribution in [1.29, 1.82) is 0 Å². The third kappa shape index (κ3) is 3.24. The maximum Gasteiger partial charge on any atom is 0.394 e. The first-order chi connectivity index (χ1) is 16.6. The number of aryl methyl sites for hydroxylation is 1. The molecular formula is C25H27F3N6O. The standard InChI is InChI=1S/C25H27F3N6O/c1-13-7-29-19-20(23-10-24(11-23,12-23)25(26,27)28)32-21(33-22(19)31-13)15-5-14(2)35-18(6-15)16-8-30-34(9-16)17-3-4-17/h7-9,14-15,17-18H,3-6,10-12H2,1-2H3/t14-,15+,18-,23?,24?/m0/s1. The molecule has 5 fully saturated rings. The number of halogens is 3. The lowest BCUT2D eigenvalue weighted by Crippen LogP contribution is -2.70. The molecule has 0 N–H and O–H groups in total. The average Bonchev–Trinajstić information content (AvgIpc) is 3.46. The van der Waals surface area contributed by atoms with E-state index in [0.29, 0.717) is 35.1 Å². The van der Waals surface area contributed by atoms with Crippen molar-refractivity contribution in [3.63, 3.8) is 0 Å². The summed E-state index contributed by atoms with van der Waals surface area (Å²) < 4.78 is 49.0. The van der Waals surface area contributed by atoms with Gasteiger partial charge in [-0.3, -0.25) is 4.68 Å². The van der Waals surface area contributed by atoms with Crippen LogP contribution in [0.3, 0.4) is 0 Å². The Hall–Kier alpha value is -2.62. The molecule has 8 rings (SSSR count). The molecule has 0 aromatic carbocycles. The van der Waals surface area contributed by atoms with Gasteiger partial charge in [-0.15, -0.1) is 0 Å². The number of ether oxygens (including phenoxy) is 1. The Morgan fingerprint density at radius 3 is 2.54 bits per heavy atom. The van der Waals surface area contributed by atoms with Gasteiger partial charge in [0.25, 0.3) is 0 Å². The molecule has 5 aliphatic rings. The molecule has 4 saturated carbocycles. The van der Waals surface area contributed by atoms with Crippen molar-refractivity contribution in [2.45, 2.75) is 94.6 Å². The summed E-state index contributed by atoms with van der Waals surface area (Å²) in [6.45, 7) is 3.89. The third-order valence-corrected chi connectivity index (χ3v) is 8.47. The van der Waals surface area contributed by atoms with Crippen molar-refractivity contribution >= 4 is 11.2 Å². The van der Waals surface area contributed by atoms with Crippen LogP contribution in [-0.2, 0) is 10.2 Å². The lowest BCUT2D eigenvalue weighted by atomic mass is 9.34. The average molecular weight is 485 g/mol. The quantitative estimate of drug-likeness (QED) is 0.502. The molecule has 0 radical (unpaired) electrons. The van der Waals surface area contributed by atoms with E-state index in [-0.39, 0.29) is 37.4 Å². The van der Waals surface area contributed by atoms with E-state index in [9.17, 15) is 13.2 Å². The normalized spacial score (nSPS) is 34.5. The molecule has 1 aliphatic heterocycles. The SMILES string of the molecule is Cc1cnc2c(C34CC(C(F)(F)F)(C3)C4)nc([C@H]3C[C@@H](c4cnn(C5CC5)c4)O[C@@H](C)C3)nc2n1. The van der Waals surface area contributed by atoms with Gasteiger partial charge in [0.05, 0.1) is 41.2 Å². The Bertz CT molecular complexity index is 1310. The maximum absolute atomic E-state index is 13.6. The zero-order valence-corrected chi connectivity index (χ0v) is 19.7. The first kappa shape index (κ1) is 21.6. The van der Waals surface area contributed by atoms with E-state index in [4.69, 9.17) is 14.7 Å². The van der Waals surface area contributed by atoms with E-state index in [2.05, 4.69) is 21.3 Å². The van der Waals surface area contributed by atoms with Crippen LogP contribution < -0.4 is 0 Å². The van der Waals surface area contributed by atoms with Crippen LogP contribution in [0.4, 0.5) is 13.2 Å². The summed E-state index contributed by atoms with van der Waals surface area (Å²) in [5.74, 6) is 0.662. The number of rotatable bonds is 4. The van der Waals surface area contributed by atoms with Crippen molar-refractivity contribution in [2.24, 2.45) is 5.41 Å². The van der Waals surface area contributed by atoms with Gasteiger partial charge in [-0.2, -0.15) is 18.3 Å². The second-order valence-electron chi connectivity index (χ2n) is 11.3. The summed E-state index contributed by atoms with van der Waals surface area (Å²) >= 11 is 0. The molecule has 1 saturated heterocycles. The molecule has 3 aromatic rings. The smallest absolute Gasteiger partial charge is 0.370 e. The summed E-state index contributed by atoms with van der Waals surface area (Å²) in [6.07, 6.45) is 5.34. The molecule has 3 atom stereocenters. The minimum Gasteiger partial charge on any atom is -0.370 e. The molecule has 184 valence electrons. The predicted molar refractivity (Wildman–Crippen MR) is 120 cm³/mol. The lowest BCUT2D eigenvalue weighted by Gasteiger charge is -2.70. The van der Waals surface area contributed by atoms with Gasteiger partial charge < -0.3 is 4.74 Å². The molecule has 4 aliphatic carbocycles. The molecule has 10 heteroatoms. The summed E-state index contributed by atoms with van der Waals surface area (Å²) in [5, 5.41) is 4.52. The van der Waals surface area contributed by atoms with E-state index in [1.807, 2.05) is 24.7 Å². The number of fused-ring (bicyclic) bond motifs is 1. The van der Waals surface area contributed by atoms with Crippen LogP contribution in [-0.4, -0.2) is 42.0 Å². The van der Waals surface area contributed by atoms with Crippen molar-refractivity contribution in [1.82, 2.24) is 29.7 Å². The molecule has 0 amide bonds. The molecule has 2 bridgehead atoms. The number of hydrogen-bond donors (Lipinski definition) is 0. The van der Waals surface area contributed by atoms with Gasteiger partial charge in [0.15, 0.2) is 5.65 Å². The van der Waals surface area contributed by atoms with Crippen LogP contribution in [0.15, 0.2) is 18.6 Å². The third-order valence-electron chi connectivity index (χ3n) is 8.47. The van der Waals surface area contributed by atoms with Crippen molar-refractivity contribution < 1.29 is 17.9 Å². The molecule has 0 spiro atoms. The molecule has 7 nitrogen and oxygen atoms in total. The highest BCUT2D eigenvalue weighted by atomic mass is 19.4. The summed E-state index contributed by atoms with van der Waals surface area (Å²) in [7, 11) is 0. The Kier molecular flexibility index (Phi) is 4.32. The largest absolute Gasteiger partial charge is 0.394 e. The van der Waals surface area contributed by atoms with Crippen molar-refractivity contribution in [3.05, 3.63) is 41.4 Å². The van der Waals surface area contributed by atoms with E-state index >= 15 is 0 Å². The fourth-order valence-electron chi connectivity index (χ4n) is 6.53. The van der Waals surface area contributed by atoms with Crippen LogP contribution in [0.2, 0.25) is 0 Å². The van der Waals surface area contributed by atoms with Crippen LogP contribution in [0, 0.1) is 12.3 Å². The molecule has 35 heavy (non-hydrogen) atoms. The highest BCUT2D eigenvalue weighted by Crippen LogP contribution is 2.78. The summed E-state index contributed by atoms with van der Waals surface area (Å²) in [5.41, 5.74) is 1.32. The van der Waals surface area contributed by atoms with E-state index in [1.165, 1.54) is 0 Å². The predicted octanol–water partition coefficient (Wildman–Crippen LogP) is 5.27. The second-order valence-corrected chi connectivity index (χ2v) is 11.3. The summed E-state index contributed by atoms with van der Waals surface area (Å²) in [4.78, 5) is 18.9. The zero-order chi connectivity index (χ0) is 24.2. The van der Waals surface area contributed by atoms with Crippen LogP contribution >= 0.6 is 0 Å². The monoisotopic (exact) mass is 484 g/mol. The first-order valence-electron chi connectivity index (χ1n) is 12.4. The van der Waals surface area contributed by atoms with Gasteiger partial charge in [0.1, 0.15) is 11.3 Å². The topological polar surface area (TPSA) is 78.6 Å². The van der Waals surface area contributed by atoms with Crippen molar-refractivity contribution in [3.8, 4) is 0 Å². The van der Waals surface area contributed by atoms with Crippen LogP contribution in [0.25, 0.3) is 11.2 Å². The lowest BCUT2D eigenvalue weighted by molar-refractivity contribution is -0.337. The van der Waals surface area contributed by atoms with Gasteiger partial charge in [-0.25, -0.2) is 19.9 Å². The fourth-order valence-corrected chi connectivity index (χ4v) is 6.53. The van der Waals surface area contributed by atoms with Crippen molar-refractivity contribution in [2.75, 3.05) is 0 Å². The Labute approximate surface area is 200 Å². The minimum atomic E-state index is -4.17. The number of hydrogen-bond acceptors (Lipinski definition) is 6. The fraction of sp³-hybridized carbons (Fsp3) is 0.640. The summed E-state index contributed by atoms with van der Waals surface area (Å²) in [6, 6.07) is 0.502. The Morgan fingerprint density at radius 1 is 1.06 bits per heavy atom. The number of nitrogens with zero attached hydrogens (tertiary/aromatic N) is 6. The minimum absolute atomic E-state index is 0.00202. The van der Waals surface area contributed by atoms with Gasteiger partial charge in [-0.05, 0) is 58.8 Å². The van der Waals surface area contributed by atoms with Gasteiger partial charge >= 0.3 is 6.18 Å². The van der Waals surface area contributed by atoms with E-state index in [1.54, 1.807) is 6.20 Å². The van der Waals surface area contributed by atoms with Gasteiger partial charge in [0, 0.05) is 29.3 Å². The highest BCUT2D eigenvalue weighted by molar-refractivity contribution is 5.75. The molecule has 4 heterocycles. The second kappa shape index (κ2) is 6.99. The zero-order valence-electron chi connectivity index (χ0n) is 19.7. The van der Waals surface area contributed by atoms with Gasteiger partial charge in [-0.1, -0.05) is 0 Å². The maximum atomic E-state index is 13.6. The van der Waals surface area contributed by atoms with E-state index in [0.717, 1.165) is 30.5 Å². The Balaban J connectivity index is 1.24. The van der Waals surface area contributed by atoms with Gasteiger partial charge in [0.2, 0.25) is 0 Å². The van der Waals surface area contributed by atoms with Crippen LogP contribution in [0.1, 0.15) is 92.7 Å². The highest BCUT2D eigenvalue weighted by Gasteiger charge is 2.79. The number of alkyl halides is 3. The first-order valence-corrected chi connectivity index (χ1v) is 12.4. The molecular weight excluding hydrogens is 457 g/mol. The Morgan fingerprint density at radius 2 is 1.83 bits per heavy atom.